The van der Waals surface area contributed by atoms with E-state index >= 15 is 0 Å². The Labute approximate surface area is 224 Å². The number of carbonyl (C=O) groups is 2. The predicted molar refractivity (Wildman–Crippen MR) is 142 cm³/mol. The van der Waals surface area contributed by atoms with Crippen LogP contribution in [0.1, 0.15) is 59.9 Å². The smallest absolute Gasteiger partial charge is 0.242 e. The van der Waals surface area contributed by atoms with Gasteiger partial charge < -0.3 is 24.8 Å². The van der Waals surface area contributed by atoms with Crippen LogP contribution >= 0.6 is 0 Å². The molecule has 4 aliphatic heterocycles. The Kier molecular flexibility index (Phi) is 4.47. The number of fused-ring (bicyclic) bond motifs is 5. The van der Waals surface area contributed by atoms with Crippen LogP contribution < -0.4 is 14.8 Å². The van der Waals surface area contributed by atoms with E-state index in [2.05, 4.69) is 31.0 Å². The van der Waals surface area contributed by atoms with Crippen molar-refractivity contribution in [2.24, 2.45) is 22.7 Å². The van der Waals surface area contributed by atoms with Crippen LogP contribution in [-0.2, 0) is 15.0 Å². The van der Waals surface area contributed by atoms with Crippen LogP contribution in [0.15, 0.2) is 24.5 Å². The van der Waals surface area contributed by atoms with Gasteiger partial charge in [0.25, 0.3) is 0 Å². The zero-order chi connectivity index (χ0) is 27.2. The monoisotopic (exact) mass is 521 g/mol. The Morgan fingerprint density at radius 1 is 1.13 bits per heavy atom. The van der Waals surface area contributed by atoms with E-state index in [1.807, 2.05) is 50.9 Å². The van der Waals surface area contributed by atoms with Crippen molar-refractivity contribution in [1.29, 1.82) is 0 Å². The number of hydrogen-bond acceptors (Lipinski definition) is 6. The summed E-state index contributed by atoms with van der Waals surface area (Å²) in [6.45, 7) is 14.1. The van der Waals surface area contributed by atoms with Crippen LogP contribution in [-0.4, -0.2) is 70.1 Å². The summed E-state index contributed by atoms with van der Waals surface area (Å²) in [5.41, 5.74) is -1.03. The maximum atomic E-state index is 14.2. The van der Waals surface area contributed by atoms with Crippen molar-refractivity contribution in [3.8, 4) is 11.5 Å². The standard InChI is InChI=1S/C30H39N3O5/c1-16-10-12-33-15-29-17(2)30(29,32(7)24(35)21(33)22(16)34)14-28(27(29,5)6)18-8-9-19-23(20(18)31-25(28)36)37-13-11-26(3,4)38-19/h8-9,11,13,16-17,21-22,34H,10,12,14-15H2,1-7H3,(H,31,36)/t16-,17-,21-,22?,28-,29?,30?/m1/s1. The lowest BCUT2D eigenvalue weighted by molar-refractivity contribution is -0.148. The number of anilines is 1. The number of aliphatic hydroxyl groups is 1. The van der Waals surface area contributed by atoms with Gasteiger partial charge in [0, 0.05) is 19.0 Å². The Morgan fingerprint density at radius 3 is 2.61 bits per heavy atom. The maximum absolute atomic E-state index is 14.2. The van der Waals surface area contributed by atoms with Gasteiger partial charge in [-0.05, 0) is 68.2 Å². The van der Waals surface area contributed by atoms with E-state index in [4.69, 9.17) is 9.47 Å². The number of amides is 2. The average molecular weight is 522 g/mol. The number of benzene rings is 1. The van der Waals surface area contributed by atoms with Gasteiger partial charge in [-0.25, -0.2) is 0 Å². The summed E-state index contributed by atoms with van der Waals surface area (Å²) >= 11 is 0. The van der Waals surface area contributed by atoms with Crippen molar-refractivity contribution >= 4 is 17.5 Å². The van der Waals surface area contributed by atoms with Gasteiger partial charge in [0.2, 0.25) is 11.8 Å². The molecule has 2 amide bonds. The van der Waals surface area contributed by atoms with E-state index in [0.29, 0.717) is 30.2 Å². The molecule has 38 heavy (non-hydrogen) atoms. The molecule has 7 atom stereocenters. The van der Waals surface area contributed by atoms with Crippen molar-refractivity contribution < 1.29 is 24.2 Å². The minimum atomic E-state index is -0.832. The summed E-state index contributed by atoms with van der Waals surface area (Å²) in [6.07, 6.45) is 4.22. The van der Waals surface area contributed by atoms with Gasteiger partial charge in [-0.3, -0.25) is 14.5 Å². The molecule has 6 aliphatic rings. The van der Waals surface area contributed by atoms with Gasteiger partial charge in [-0.1, -0.05) is 33.8 Å². The molecule has 4 heterocycles. The van der Waals surface area contributed by atoms with Crippen molar-refractivity contribution in [2.45, 2.75) is 83.1 Å². The Morgan fingerprint density at radius 2 is 1.87 bits per heavy atom. The molecule has 8 nitrogen and oxygen atoms in total. The lowest BCUT2D eigenvalue weighted by Gasteiger charge is -2.48. The lowest BCUT2D eigenvalue weighted by Crippen LogP contribution is -2.61. The van der Waals surface area contributed by atoms with Gasteiger partial charge in [0.15, 0.2) is 11.5 Å². The highest BCUT2D eigenvalue weighted by molar-refractivity contribution is 6.10. The first-order valence-electron chi connectivity index (χ1n) is 14.0. The molecule has 2 N–H and O–H groups in total. The SMILES string of the molecule is C[C@@H]1CCN2CC34[C@@H](C)C3(C[C@@]3(C(=O)Nc5c3ccc3c5OC=CC(C)(C)O3)C4(C)C)N(C)C(=O)[C@H]2C1O. The van der Waals surface area contributed by atoms with E-state index in [0.717, 1.165) is 18.5 Å². The van der Waals surface area contributed by atoms with Crippen molar-refractivity contribution in [3.05, 3.63) is 30.0 Å². The van der Waals surface area contributed by atoms with E-state index in [1.54, 1.807) is 6.26 Å². The third kappa shape index (κ3) is 2.38. The normalized spacial score (nSPS) is 43.5. The molecule has 2 saturated carbocycles. The number of rotatable bonds is 0. The fraction of sp³-hybridized carbons (Fsp3) is 0.667. The van der Waals surface area contributed by atoms with Crippen molar-refractivity contribution in [3.63, 3.8) is 0 Å². The number of likely N-dealkylation sites (N-methyl/N-ethyl adjacent to an activating group) is 1. The van der Waals surface area contributed by atoms with Gasteiger partial charge >= 0.3 is 0 Å². The van der Waals surface area contributed by atoms with E-state index in [1.165, 1.54) is 0 Å². The number of nitrogens with one attached hydrogen (secondary N) is 1. The second kappa shape index (κ2) is 6.94. The highest BCUT2D eigenvalue weighted by Gasteiger charge is 2.93. The molecule has 2 saturated heterocycles. The largest absolute Gasteiger partial charge is 0.480 e. The molecule has 1 aromatic rings. The fourth-order valence-corrected chi connectivity index (χ4v) is 9.74. The minimum Gasteiger partial charge on any atom is -0.480 e. The van der Waals surface area contributed by atoms with Crippen LogP contribution in [0.25, 0.3) is 0 Å². The first-order chi connectivity index (χ1) is 17.8. The molecule has 7 rings (SSSR count). The Hall–Kier alpha value is -2.58. The number of aliphatic hydroxyl groups excluding tert-OH is 1. The molecular weight excluding hydrogens is 482 g/mol. The number of ether oxygens (including phenoxy) is 2. The average Bonchev–Trinajstić information content (AvgIpc) is 3.24. The number of hydrogen-bond donors (Lipinski definition) is 2. The third-order valence-electron chi connectivity index (χ3n) is 11.9. The first-order valence-corrected chi connectivity index (χ1v) is 14.0. The summed E-state index contributed by atoms with van der Waals surface area (Å²) < 4.78 is 12.3. The molecule has 1 aromatic carbocycles. The van der Waals surface area contributed by atoms with Crippen LogP contribution in [0.4, 0.5) is 5.69 Å². The van der Waals surface area contributed by atoms with E-state index in [-0.39, 0.29) is 29.1 Å². The number of carbonyl (C=O) groups excluding carboxylic acids is 2. The predicted octanol–water partition coefficient (Wildman–Crippen LogP) is 3.29. The van der Waals surface area contributed by atoms with Gasteiger partial charge in [0.05, 0.1) is 29.0 Å². The van der Waals surface area contributed by atoms with Gasteiger partial charge in [0.1, 0.15) is 11.6 Å². The molecule has 2 aliphatic carbocycles. The topological polar surface area (TPSA) is 91.3 Å². The van der Waals surface area contributed by atoms with E-state index in [9.17, 15) is 14.7 Å². The summed E-state index contributed by atoms with van der Waals surface area (Å²) in [4.78, 5) is 32.5. The van der Waals surface area contributed by atoms with Gasteiger partial charge in [-0.2, -0.15) is 0 Å². The highest BCUT2D eigenvalue weighted by Crippen LogP contribution is 2.86. The number of nitrogens with zero attached hydrogens (tertiary/aromatic N) is 2. The maximum Gasteiger partial charge on any atom is 0.242 e. The second-order valence-electron chi connectivity index (χ2n) is 13.8. The van der Waals surface area contributed by atoms with E-state index < -0.39 is 34.1 Å². The molecule has 4 fully saturated rings. The molecular formula is C30H39N3O5. The molecule has 204 valence electrons. The summed E-state index contributed by atoms with van der Waals surface area (Å²) in [6, 6.07) is 3.42. The first kappa shape index (κ1) is 24.5. The van der Waals surface area contributed by atoms with Crippen molar-refractivity contribution in [2.75, 3.05) is 25.5 Å². The minimum absolute atomic E-state index is 0.0206. The van der Waals surface area contributed by atoms with Crippen LogP contribution in [0.2, 0.25) is 0 Å². The highest BCUT2D eigenvalue weighted by atomic mass is 16.5. The Balaban J connectivity index is 1.39. The van der Waals surface area contributed by atoms with Crippen molar-refractivity contribution in [1.82, 2.24) is 9.80 Å². The third-order valence-corrected chi connectivity index (χ3v) is 11.9. The quantitative estimate of drug-likeness (QED) is 0.545. The molecule has 0 aromatic heterocycles. The fourth-order valence-electron chi connectivity index (χ4n) is 9.74. The molecule has 8 heteroatoms. The van der Waals surface area contributed by atoms with Crippen LogP contribution in [0, 0.1) is 22.7 Å². The lowest BCUT2D eigenvalue weighted by atomic mass is 9.57. The molecule has 3 unspecified atom stereocenters. The molecule has 0 bridgehead atoms. The summed E-state index contributed by atoms with van der Waals surface area (Å²) in [5.74, 6) is 1.38. The van der Waals surface area contributed by atoms with Crippen LogP contribution in [0.5, 0.6) is 11.5 Å². The molecule has 1 spiro atoms. The second-order valence-corrected chi connectivity index (χ2v) is 13.8. The number of piperidine rings is 1. The Bertz CT molecular complexity index is 1320. The zero-order valence-corrected chi connectivity index (χ0v) is 23.4. The molecule has 0 radical (unpaired) electrons. The zero-order valence-electron chi connectivity index (χ0n) is 23.4. The van der Waals surface area contributed by atoms with Crippen LogP contribution in [0.3, 0.4) is 0 Å². The summed E-state index contributed by atoms with van der Waals surface area (Å²) in [7, 11) is 1.90. The van der Waals surface area contributed by atoms with Gasteiger partial charge in [-0.15, -0.1) is 0 Å². The summed E-state index contributed by atoms with van der Waals surface area (Å²) in [5, 5.41) is 14.3.